The topological polar surface area (TPSA) is 67.5 Å². The Bertz CT molecular complexity index is 723. The molecule has 1 atom stereocenters. The monoisotopic (exact) mass is 341 g/mol. The van der Waals surface area contributed by atoms with Crippen LogP contribution in [0.2, 0.25) is 0 Å². The number of nitrogen functional groups attached to an aromatic ring is 1. The van der Waals surface area contributed by atoms with Gasteiger partial charge in [0.1, 0.15) is 5.82 Å². The number of likely N-dealkylation sites (tertiary alicyclic amines) is 1. The van der Waals surface area contributed by atoms with E-state index in [4.69, 9.17) is 15.5 Å². The van der Waals surface area contributed by atoms with Crippen molar-refractivity contribution < 1.29 is 4.74 Å². The highest BCUT2D eigenvalue weighted by Crippen LogP contribution is 2.25. The van der Waals surface area contributed by atoms with E-state index in [2.05, 4.69) is 21.8 Å². The lowest BCUT2D eigenvalue weighted by molar-refractivity contribution is 0.152. The zero-order valence-electron chi connectivity index (χ0n) is 14.9. The van der Waals surface area contributed by atoms with Gasteiger partial charge in [0.2, 0.25) is 5.95 Å². The lowest BCUT2D eigenvalue weighted by Crippen LogP contribution is -2.45. The Hall–Kier alpha value is -1.92. The molecule has 0 spiro atoms. The first kappa shape index (κ1) is 16.5. The van der Waals surface area contributed by atoms with Crippen LogP contribution in [0.1, 0.15) is 19.3 Å². The molecule has 2 aliphatic heterocycles. The van der Waals surface area contributed by atoms with Gasteiger partial charge in [-0.2, -0.15) is 4.98 Å². The average molecular weight is 341 g/mol. The molecule has 3 heterocycles. The first-order valence-corrected chi connectivity index (χ1v) is 9.26. The third kappa shape index (κ3) is 3.55. The molecular formula is C19H27N5O. The van der Waals surface area contributed by atoms with Crippen LogP contribution in [0.15, 0.2) is 24.3 Å². The molecule has 2 aromatic rings. The lowest BCUT2D eigenvalue weighted by Gasteiger charge is -2.37. The summed E-state index contributed by atoms with van der Waals surface area (Å²) in [4.78, 5) is 14.0. The number of anilines is 2. The van der Waals surface area contributed by atoms with Crippen LogP contribution in [0.4, 0.5) is 11.8 Å². The number of benzene rings is 1. The van der Waals surface area contributed by atoms with Gasteiger partial charge >= 0.3 is 0 Å². The van der Waals surface area contributed by atoms with Crippen LogP contribution < -0.4 is 10.6 Å². The van der Waals surface area contributed by atoms with Crippen LogP contribution in [-0.4, -0.2) is 60.8 Å². The standard InChI is InChI=1S/C19H27N5O/c1-23(19-21-17-5-3-2-4-16(17)18(20)22-19)15-6-9-24(10-7-15)12-14-8-11-25-13-14/h2-5,14-15H,6-13H2,1H3,(H2,20,21,22). The molecule has 6 nitrogen and oxygen atoms in total. The van der Waals surface area contributed by atoms with Crippen molar-refractivity contribution >= 4 is 22.7 Å². The summed E-state index contributed by atoms with van der Waals surface area (Å²) in [6.07, 6.45) is 3.49. The van der Waals surface area contributed by atoms with E-state index in [1.807, 2.05) is 24.3 Å². The molecule has 0 saturated carbocycles. The molecule has 134 valence electrons. The molecule has 2 fully saturated rings. The zero-order chi connectivity index (χ0) is 17.2. The molecule has 1 aromatic carbocycles. The molecular weight excluding hydrogens is 314 g/mol. The SMILES string of the molecule is CN(c1nc(N)c2ccccc2n1)C1CCN(CC2CCOC2)CC1. The van der Waals surface area contributed by atoms with E-state index in [-0.39, 0.29) is 0 Å². The quantitative estimate of drug-likeness (QED) is 0.919. The highest BCUT2D eigenvalue weighted by atomic mass is 16.5. The van der Waals surface area contributed by atoms with Gasteiger partial charge in [0, 0.05) is 44.7 Å². The van der Waals surface area contributed by atoms with E-state index >= 15 is 0 Å². The first-order chi connectivity index (χ1) is 12.2. The van der Waals surface area contributed by atoms with Gasteiger partial charge < -0.3 is 20.3 Å². The molecule has 0 amide bonds. The number of rotatable bonds is 4. The Kier molecular flexibility index (Phi) is 4.72. The van der Waals surface area contributed by atoms with Crippen molar-refractivity contribution in [2.75, 3.05) is 50.5 Å². The Morgan fingerprint density at radius 3 is 2.76 bits per heavy atom. The number of hydrogen-bond acceptors (Lipinski definition) is 6. The minimum Gasteiger partial charge on any atom is -0.383 e. The fourth-order valence-electron chi connectivity index (χ4n) is 3.99. The summed E-state index contributed by atoms with van der Waals surface area (Å²) in [7, 11) is 2.09. The number of aromatic nitrogens is 2. The second-order valence-corrected chi connectivity index (χ2v) is 7.30. The summed E-state index contributed by atoms with van der Waals surface area (Å²) in [5.41, 5.74) is 7.05. The van der Waals surface area contributed by atoms with E-state index in [9.17, 15) is 0 Å². The number of piperidine rings is 1. The van der Waals surface area contributed by atoms with E-state index in [0.717, 1.165) is 61.9 Å². The normalized spacial score (nSPS) is 22.5. The van der Waals surface area contributed by atoms with Gasteiger partial charge in [0.05, 0.1) is 12.1 Å². The fraction of sp³-hybridized carbons (Fsp3) is 0.579. The number of nitrogens with zero attached hydrogens (tertiary/aromatic N) is 4. The molecule has 2 saturated heterocycles. The maximum atomic E-state index is 6.14. The second kappa shape index (κ2) is 7.14. The van der Waals surface area contributed by atoms with E-state index in [0.29, 0.717) is 11.9 Å². The van der Waals surface area contributed by atoms with Crippen LogP contribution in [0, 0.1) is 5.92 Å². The van der Waals surface area contributed by atoms with Crippen molar-refractivity contribution in [1.29, 1.82) is 0 Å². The smallest absolute Gasteiger partial charge is 0.227 e. The van der Waals surface area contributed by atoms with Crippen molar-refractivity contribution in [2.24, 2.45) is 5.92 Å². The van der Waals surface area contributed by atoms with Crippen LogP contribution in [0.5, 0.6) is 0 Å². The van der Waals surface area contributed by atoms with Crippen molar-refractivity contribution in [3.63, 3.8) is 0 Å². The van der Waals surface area contributed by atoms with Crippen LogP contribution in [-0.2, 0) is 4.74 Å². The second-order valence-electron chi connectivity index (χ2n) is 7.30. The van der Waals surface area contributed by atoms with Crippen molar-refractivity contribution in [3.8, 4) is 0 Å². The fourth-order valence-corrected chi connectivity index (χ4v) is 3.99. The Balaban J connectivity index is 1.41. The Morgan fingerprint density at radius 1 is 1.20 bits per heavy atom. The van der Waals surface area contributed by atoms with Gasteiger partial charge in [-0.1, -0.05) is 12.1 Å². The summed E-state index contributed by atoms with van der Waals surface area (Å²) in [5, 5.41) is 0.924. The predicted octanol–water partition coefficient (Wildman–Crippen LogP) is 2.15. The van der Waals surface area contributed by atoms with Gasteiger partial charge in [0.15, 0.2) is 0 Å². The molecule has 4 rings (SSSR count). The van der Waals surface area contributed by atoms with Gasteiger partial charge in [-0.15, -0.1) is 0 Å². The summed E-state index contributed by atoms with van der Waals surface area (Å²) in [6, 6.07) is 8.40. The Morgan fingerprint density at radius 2 is 2.00 bits per heavy atom. The molecule has 0 bridgehead atoms. The van der Waals surface area contributed by atoms with Crippen LogP contribution in [0.3, 0.4) is 0 Å². The highest BCUT2D eigenvalue weighted by molar-refractivity contribution is 5.88. The van der Waals surface area contributed by atoms with Gasteiger partial charge in [0.25, 0.3) is 0 Å². The number of hydrogen-bond donors (Lipinski definition) is 1. The molecule has 2 aliphatic rings. The van der Waals surface area contributed by atoms with E-state index in [1.54, 1.807) is 0 Å². The molecule has 0 radical (unpaired) electrons. The zero-order valence-corrected chi connectivity index (χ0v) is 14.9. The van der Waals surface area contributed by atoms with Crippen LogP contribution >= 0.6 is 0 Å². The highest BCUT2D eigenvalue weighted by Gasteiger charge is 2.27. The number of para-hydroxylation sites is 1. The summed E-state index contributed by atoms with van der Waals surface area (Å²) >= 11 is 0. The minimum atomic E-state index is 0.469. The molecule has 0 aliphatic carbocycles. The molecule has 2 N–H and O–H groups in total. The molecule has 1 unspecified atom stereocenters. The maximum absolute atomic E-state index is 6.14. The number of ether oxygens (including phenoxy) is 1. The molecule has 25 heavy (non-hydrogen) atoms. The lowest BCUT2D eigenvalue weighted by atomic mass is 10.0. The van der Waals surface area contributed by atoms with Crippen LogP contribution in [0.25, 0.3) is 10.9 Å². The van der Waals surface area contributed by atoms with E-state index in [1.165, 1.54) is 13.0 Å². The number of nitrogens with two attached hydrogens (primary N) is 1. The summed E-state index contributed by atoms with van der Waals surface area (Å²) < 4.78 is 5.50. The van der Waals surface area contributed by atoms with Crippen molar-refractivity contribution in [3.05, 3.63) is 24.3 Å². The average Bonchev–Trinajstić information content (AvgIpc) is 3.15. The largest absolute Gasteiger partial charge is 0.383 e. The number of fused-ring (bicyclic) bond motifs is 1. The molecule has 1 aromatic heterocycles. The third-order valence-corrected chi connectivity index (χ3v) is 5.58. The summed E-state index contributed by atoms with van der Waals surface area (Å²) in [6.45, 7) is 5.31. The van der Waals surface area contributed by atoms with Crippen molar-refractivity contribution in [2.45, 2.75) is 25.3 Å². The predicted molar refractivity (Wildman–Crippen MR) is 101 cm³/mol. The van der Waals surface area contributed by atoms with Gasteiger partial charge in [-0.25, -0.2) is 4.98 Å². The Labute approximate surface area is 149 Å². The van der Waals surface area contributed by atoms with Gasteiger partial charge in [-0.3, -0.25) is 0 Å². The van der Waals surface area contributed by atoms with Gasteiger partial charge in [-0.05, 0) is 37.3 Å². The maximum Gasteiger partial charge on any atom is 0.227 e. The summed E-state index contributed by atoms with van der Waals surface area (Å²) in [5.74, 6) is 2.02. The van der Waals surface area contributed by atoms with Crippen molar-refractivity contribution in [1.82, 2.24) is 14.9 Å². The first-order valence-electron chi connectivity index (χ1n) is 9.26. The van der Waals surface area contributed by atoms with E-state index < -0.39 is 0 Å². The molecule has 6 heteroatoms. The third-order valence-electron chi connectivity index (χ3n) is 5.58. The minimum absolute atomic E-state index is 0.469.